The number of benzene rings is 1. The molecule has 0 radical (unpaired) electrons. The molecule has 1 aliphatic heterocycles. The Labute approximate surface area is 117 Å². The number of nitrogens with one attached hydrogen (secondary N) is 1. The van der Waals surface area contributed by atoms with Gasteiger partial charge in [-0.05, 0) is 17.7 Å². The second-order valence-corrected chi connectivity index (χ2v) is 5.52. The predicted molar refractivity (Wildman–Crippen MR) is 77.3 cm³/mol. The van der Waals surface area contributed by atoms with Crippen molar-refractivity contribution in [2.75, 3.05) is 5.75 Å². The molecule has 2 rings (SSSR count). The van der Waals surface area contributed by atoms with Crippen LogP contribution in [0.2, 0.25) is 0 Å². The van der Waals surface area contributed by atoms with E-state index >= 15 is 0 Å². The van der Waals surface area contributed by atoms with Gasteiger partial charge in [0.2, 0.25) is 5.91 Å². The van der Waals surface area contributed by atoms with E-state index in [0.717, 1.165) is 22.8 Å². The van der Waals surface area contributed by atoms with Crippen LogP contribution in [0.4, 0.5) is 0 Å². The molecule has 1 aromatic rings. The van der Waals surface area contributed by atoms with Gasteiger partial charge in [0.05, 0.1) is 16.7 Å². The molecule has 0 spiro atoms. The van der Waals surface area contributed by atoms with E-state index in [1.165, 1.54) is 0 Å². The van der Waals surface area contributed by atoms with E-state index in [0.29, 0.717) is 12.0 Å². The number of rotatable bonds is 4. The summed E-state index contributed by atoms with van der Waals surface area (Å²) in [6, 6.07) is 12.0. The van der Waals surface area contributed by atoms with Gasteiger partial charge in [-0.15, -0.1) is 11.8 Å². The molecule has 3 nitrogen and oxygen atoms in total. The molecule has 1 atom stereocenters. The number of carbonyl (C=O) groups is 1. The van der Waals surface area contributed by atoms with Crippen LogP contribution in [0.1, 0.15) is 31.2 Å². The van der Waals surface area contributed by atoms with E-state index in [1.807, 2.05) is 30.3 Å². The van der Waals surface area contributed by atoms with E-state index in [-0.39, 0.29) is 11.8 Å². The maximum atomic E-state index is 11.8. The molecule has 1 heterocycles. The average Bonchev–Trinajstić information content (AvgIpc) is 2.45. The molecule has 4 heteroatoms. The van der Waals surface area contributed by atoms with Crippen molar-refractivity contribution < 1.29 is 4.79 Å². The highest BCUT2D eigenvalue weighted by atomic mass is 32.2. The third kappa shape index (κ3) is 3.18. The summed E-state index contributed by atoms with van der Waals surface area (Å²) in [5, 5.41) is 13.0. The van der Waals surface area contributed by atoms with Crippen LogP contribution in [0.25, 0.3) is 0 Å². The van der Waals surface area contributed by atoms with Gasteiger partial charge in [0.25, 0.3) is 0 Å². The van der Waals surface area contributed by atoms with Crippen LogP contribution in [0.5, 0.6) is 0 Å². The summed E-state index contributed by atoms with van der Waals surface area (Å²) in [5.74, 6) is 0.785. The Hall–Kier alpha value is -1.73. The van der Waals surface area contributed by atoms with Crippen LogP contribution < -0.4 is 5.32 Å². The second-order valence-electron chi connectivity index (χ2n) is 4.42. The summed E-state index contributed by atoms with van der Waals surface area (Å²) in [5.41, 5.74) is 1.72. The zero-order chi connectivity index (χ0) is 13.7. The van der Waals surface area contributed by atoms with E-state index < -0.39 is 0 Å². The third-order valence-corrected chi connectivity index (χ3v) is 4.23. The summed E-state index contributed by atoms with van der Waals surface area (Å²) in [4.78, 5) is 11.8. The van der Waals surface area contributed by atoms with Crippen LogP contribution in [0.3, 0.4) is 0 Å². The average molecular weight is 272 g/mol. The number of nitrogens with zero attached hydrogens (tertiary/aromatic N) is 1. The normalized spacial score (nSPS) is 18.9. The molecule has 0 saturated carbocycles. The van der Waals surface area contributed by atoms with Crippen LogP contribution in [-0.4, -0.2) is 11.7 Å². The first-order valence-corrected chi connectivity index (χ1v) is 7.36. The summed E-state index contributed by atoms with van der Waals surface area (Å²) in [7, 11) is 0. The molecular formula is C15H16N2OS. The van der Waals surface area contributed by atoms with Crippen LogP contribution in [0.15, 0.2) is 40.9 Å². The second kappa shape index (κ2) is 6.44. The van der Waals surface area contributed by atoms with Gasteiger partial charge in [-0.2, -0.15) is 5.26 Å². The molecule has 0 bridgehead atoms. The zero-order valence-electron chi connectivity index (χ0n) is 10.8. The smallest absolute Gasteiger partial charge is 0.225 e. The number of hydrogen-bond acceptors (Lipinski definition) is 3. The molecular weight excluding hydrogens is 256 g/mol. The maximum absolute atomic E-state index is 11.8. The van der Waals surface area contributed by atoms with E-state index in [4.69, 9.17) is 0 Å². The monoisotopic (exact) mass is 272 g/mol. The highest BCUT2D eigenvalue weighted by Gasteiger charge is 2.29. The molecule has 0 saturated heterocycles. The molecule has 1 aromatic carbocycles. The summed E-state index contributed by atoms with van der Waals surface area (Å²) in [6.45, 7) is 2.08. The van der Waals surface area contributed by atoms with Crippen LogP contribution >= 0.6 is 11.8 Å². The fourth-order valence-corrected chi connectivity index (χ4v) is 3.04. The number of nitriles is 1. The highest BCUT2D eigenvalue weighted by Crippen LogP contribution is 2.35. The molecule has 0 fully saturated rings. The molecule has 1 unspecified atom stereocenters. The fraction of sp³-hybridized carbons (Fsp3) is 0.333. The summed E-state index contributed by atoms with van der Waals surface area (Å²) >= 11 is 1.56. The standard InChI is InChI=1S/C15H16N2OS/c1-2-8-19-15-13(10-16)12(9-14(18)17-15)11-6-4-3-5-7-11/h3-7,12H,2,8-9H2,1H3,(H,17,18). The number of thioether (sulfide) groups is 1. The van der Waals surface area contributed by atoms with E-state index in [9.17, 15) is 10.1 Å². The van der Waals surface area contributed by atoms with Crippen molar-refractivity contribution in [2.24, 2.45) is 0 Å². The lowest BCUT2D eigenvalue weighted by atomic mass is 9.87. The van der Waals surface area contributed by atoms with Gasteiger partial charge >= 0.3 is 0 Å². The predicted octanol–water partition coefficient (Wildman–Crippen LogP) is 3.17. The minimum absolute atomic E-state index is 0.00791. The van der Waals surface area contributed by atoms with Crippen molar-refractivity contribution in [1.82, 2.24) is 5.32 Å². The summed E-state index contributed by atoms with van der Waals surface area (Å²) in [6.07, 6.45) is 1.36. The minimum Gasteiger partial charge on any atom is -0.320 e. The maximum Gasteiger partial charge on any atom is 0.225 e. The Balaban J connectivity index is 2.36. The minimum atomic E-state index is -0.112. The molecule has 0 aromatic heterocycles. The number of allylic oxidation sites excluding steroid dienone is 1. The van der Waals surface area contributed by atoms with Crippen molar-refractivity contribution in [3.63, 3.8) is 0 Å². The number of amides is 1. The SMILES string of the molecule is CCCSC1=C(C#N)C(c2ccccc2)CC(=O)N1. The van der Waals surface area contributed by atoms with E-state index in [1.54, 1.807) is 11.8 Å². The zero-order valence-corrected chi connectivity index (χ0v) is 11.7. The van der Waals surface area contributed by atoms with E-state index in [2.05, 4.69) is 18.3 Å². The molecule has 19 heavy (non-hydrogen) atoms. The Kier molecular flexibility index (Phi) is 4.64. The van der Waals surface area contributed by atoms with Crippen molar-refractivity contribution >= 4 is 17.7 Å². The van der Waals surface area contributed by atoms with Crippen LogP contribution in [-0.2, 0) is 4.79 Å². The lowest BCUT2D eigenvalue weighted by Crippen LogP contribution is -2.30. The fourth-order valence-electron chi connectivity index (χ4n) is 2.11. The Morgan fingerprint density at radius 3 is 2.79 bits per heavy atom. The van der Waals surface area contributed by atoms with Gasteiger partial charge in [-0.25, -0.2) is 0 Å². The Morgan fingerprint density at radius 2 is 2.16 bits per heavy atom. The molecule has 98 valence electrons. The molecule has 0 aliphatic carbocycles. The Bertz CT molecular complexity index is 531. The lowest BCUT2D eigenvalue weighted by molar-refractivity contribution is -0.120. The van der Waals surface area contributed by atoms with Gasteiger partial charge in [-0.3, -0.25) is 4.79 Å². The van der Waals surface area contributed by atoms with Crippen molar-refractivity contribution in [3.05, 3.63) is 46.5 Å². The quantitative estimate of drug-likeness (QED) is 0.916. The molecule has 1 amide bonds. The number of hydrogen-bond donors (Lipinski definition) is 1. The topological polar surface area (TPSA) is 52.9 Å². The summed E-state index contributed by atoms with van der Waals surface area (Å²) < 4.78 is 0. The van der Waals surface area contributed by atoms with Gasteiger partial charge in [0, 0.05) is 12.3 Å². The third-order valence-electron chi connectivity index (χ3n) is 3.01. The first-order chi connectivity index (χ1) is 9.26. The lowest BCUT2D eigenvalue weighted by Gasteiger charge is -2.25. The first kappa shape index (κ1) is 13.7. The van der Waals surface area contributed by atoms with Crippen molar-refractivity contribution in [1.29, 1.82) is 5.26 Å². The Morgan fingerprint density at radius 1 is 1.42 bits per heavy atom. The number of carbonyl (C=O) groups excluding carboxylic acids is 1. The van der Waals surface area contributed by atoms with Crippen molar-refractivity contribution in [3.8, 4) is 6.07 Å². The largest absolute Gasteiger partial charge is 0.320 e. The van der Waals surface area contributed by atoms with Gasteiger partial charge in [0.1, 0.15) is 0 Å². The van der Waals surface area contributed by atoms with Gasteiger partial charge in [0.15, 0.2) is 0 Å². The van der Waals surface area contributed by atoms with Gasteiger partial charge < -0.3 is 5.32 Å². The van der Waals surface area contributed by atoms with Crippen molar-refractivity contribution in [2.45, 2.75) is 25.7 Å². The molecule has 1 aliphatic rings. The van der Waals surface area contributed by atoms with Crippen LogP contribution in [0, 0.1) is 11.3 Å². The molecule has 1 N–H and O–H groups in total. The highest BCUT2D eigenvalue weighted by molar-refractivity contribution is 8.03. The first-order valence-electron chi connectivity index (χ1n) is 6.38. The van der Waals surface area contributed by atoms with Gasteiger partial charge in [-0.1, -0.05) is 37.3 Å².